The van der Waals surface area contributed by atoms with Gasteiger partial charge in [0.15, 0.2) is 0 Å². The van der Waals surface area contributed by atoms with Crippen LogP contribution in [0.5, 0.6) is 5.75 Å². The Morgan fingerprint density at radius 3 is 2.54 bits per heavy atom. The molecule has 1 saturated carbocycles. The van der Waals surface area contributed by atoms with E-state index in [0.29, 0.717) is 13.1 Å². The number of likely N-dealkylation sites (N-methyl/N-ethyl adjacent to an activating group) is 1. The average Bonchev–Trinajstić information content (AvgIpc) is 2.56. The van der Waals surface area contributed by atoms with Gasteiger partial charge in [0, 0.05) is 12.1 Å². The number of carboxylic acid groups (broad SMARTS) is 1. The molecule has 1 fully saturated rings. The van der Waals surface area contributed by atoms with Crippen molar-refractivity contribution in [2.24, 2.45) is 0 Å². The van der Waals surface area contributed by atoms with Gasteiger partial charge in [-0.2, -0.15) is 0 Å². The quantitative estimate of drug-likeness (QED) is 0.624. The predicted molar refractivity (Wildman–Crippen MR) is 99.5 cm³/mol. The monoisotopic (exact) mass is 363 g/mol. The molecule has 1 atom stereocenters. The second kappa shape index (κ2) is 9.43. The summed E-state index contributed by atoms with van der Waals surface area (Å²) in [5.41, 5.74) is 1.17. The molecule has 0 spiro atoms. The van der Waals surface area contributed by atoms with Crippen molar-refractivity contribution in [1.82, 2.24) is 15.5 Å². The predicted octanol–water partition coefficient (Wildman–Crippen LogP) is 2.00. The third-order valence-corrected chi connectivity index (χ3v) is 4.62. The number of aryl methyl sites for hydroxylation is 1. The van der Waals surface area contributed by atoms with Gasteiger partial charge in [-0.1, -0.05) is 24.6 Å². The number of ether oxygens (including phenoxy) is 1. The molecule has 2 rings (SSSR count). The van der Waals surface area contributed by atoms with Gasteiger partial charge < -0.3 is 20.5 Å². The maximum absolute atomic E-state index is 12.0. The number of carbonyl (C=O) groups excluding carboxylic acids is 1. The second-order valence-electron chi connectivity index (χ2n) is 6.87. The van der Waals surface area contributed by atoms with E-state index in [1.165, 1.54) is 5.56 Å². The molecular formula is C19H29N3O4. The normalized spacial score (nSPS) is 20.2. The van der Waals surface area contributed by atoms with Gasteiger partial charge in [-0.3, -0.25) is 9.69 Å². The minimum absolute atomic E-state index is 0.0496. The number of carboxylic acids is 1. The molecule has 1 unspecified atom stereocenters. The van der Waals surface area contributed by atoms with Crippen LogP contribution in [0.4, 0.5) is 4.79 Å². The molecule has 1 aliphatic carbocycles. The van der Waals surface area contributed by atoms with E-state index in [-0.39, 0.29) is 30.8 Å². The lowest BCUT2D eigenvalue weighted by molar-refractivity contribution is -0.139. The maximum Gasteiger partial charge on any atom is 0.317 e. The van der Waals surface area contributed by atoms with Gasteiger partial charge >= 0.3 is 12.0 Å². The first-order valence-corrected chi connectivity index (χ1v) is 9.11. The summed E-state index contributed by atoms with van der Waals surface area (Å²) >= 11 is 0. The van der Waals surface area contributed by atoms with Gasteiger partial charge in [-0.05, 0) is 45.4 Å². The Kier molecular flexibility index (Phi) is 7.26. The average molecular weight is 363 g/mol. The van der Waals surface area contributed by atoms with Crippen LogP contribution in [0.15, 0.2) is 24.3 Å². The van der Waals surface area contributed by atoms with Gasteiger partial charge in [0.2, 0.25) is 0 Å². The number of benzene rings is 1. The van der Waals surface area contributed by atoms with E-state index in [4.69, 9.17) is 9.84 Å². The topological polar surface area (TPSA) is 90.9 Å². The Morgan fingerprint density at radius 2 is 1.96 bits per heavy atom. The summed E-state index contributed by atoms with van der Waals surface area (Å²) in [5.74, 6) is -0.0335. The number of amides is 2. The van der Waals surface area contributed by atoms with Crippen LogP contribution in [-0.2, 0) is 4.79 Å². The fraction of sp³-hybridized carbons (Fsp3) is 0.579. The molecule has 0 aliphatic heterocycles. The fourth-order valence-electron chi connectivity index (χ4n) is 3.04. The minimum atomic E-state index is -0.816. The molecule has 1 aromatic carbocycles. The summed E-state index contributed by atoms with van der Waals surface area (Å²) in [6, 6.07) is 7.90. The molecule has 0 heterocycles. The smallest absolute Gasteiger partial charge is 0.317 e. The molecule has 0 saturated heterocycles. The van der Waals surface area contributed by atoms with Crippen molar-refractivity contribution in [2.45, 2.75) is 51.8 Å². The maximum atomic E-state index is 12.0. The van der Waals surface area contributed by atoms with Crippen LogP contribution in [0.3, 0.4) is 0 Å². The van der Waals surface area contributed by atoms with Crippen molar-refractivity contribution in [2.75, 3.05) is 19.6 Å². The van der Waals surface area contributed by atoms with Gasteiger partial charge in [-0.15, -0.1) is 0 Å². The van der Waals surface area contributed by atoms with Gasteiger partial charge in [0.1, 0.15) is 11.9 Å². The molecule has 0 bridgehead atoms. The van der Waals surface area contributed by atoms with Crippen LogP contribution in [-0.4, -0.2) is 59.8 Å². The van der Waals surface area contributed by atoms with Crippen molar-refractivity contribution in [1.29, 1.82) is 0 Å². The first-order valence-electron chi connectivity index (χ1n) is 9.11. The Balaban J connectivity index is 1.63. The molecule has 2 amide bonds. The van der Waals surface area contributed by atoms with Crippen molar-refractivity contribution in [3.05, 3.63) is 29.8 Å². The van der Waals surface area contributed by atoms with E-state index in [1.54, 1.807) is 0 Å². The number of rotatable bonds is 9. The van der Waals surface area contributed by atoms with Gasteiger partial charge in [0.05, 0.1) is 13.1 Å². The molecule has 7 heteroatoms. The molecule has 0 radical (unpaired) electrons. The summed E-state index contributed by atoms with van der Waals surface area (Å²) in [6.45, 7) is 7.04. The molecule has 144 valence electrons. The molecule has 26 heavy (non-hydrogen) atoms. The van der Waals surface area contributed by atoms with E-state index in [1.807, 2.05) is 49.9 Å². The number of hydrogen-bond donors (Lipinski definition) is 3. The lowest BCUT2D eigenvalue weighted by atomic mass is 9.85. The van der Waals surface area contributed by atoms with Crippen LogP contribution in [0.1, 0.15) is 32.3 Å². The molecular weight excluding hydrogens is 334 g/mol. The number of aliphatic carboxylic acids is 1. The Morgan fingerprint density at radius 1 is 1.31 bits per heavy atom. The van der Waals surface area contributed by atoms with Crippen LogP contribution >= 0.6 is 0 Å². The SMILES string of the molecule is CCN(CC(=O)O)C1CC(NC(=O)NCC(C)Oc2ccc(C)cc2)C1. The van der Waals surface area contributed by atoms with Gasteiger partial charge in [0.25, 0.3) is 0 Å². The number of nitrogens with zero attached hydrogens (tertiary/aromatic N) is 1. The van der Waals surface area contributed by atoms with Crippen LogP contribution in [0.25, 0.3) is 0 Å². The Labute approximate surface area is 154 Å². The van der Waals surface area contributed by atoms with Crippen molar-refractivity contribution < 1.29 is 19.4 Å². The summed E-state index contributed by atoms with van der Waals surface area (Å²) < 4.78 is 5.76. The number of hydrogen-bond acceptors (Lipinski definition) is 4. The van der Waals surface area contributed by atoms with Crippen molar-refractivity contribution in [3.63, 3.8) is 0 Å². The van der Waals surface area contributed by atoms with E-state index < -0.39 is 5.97 Å². The largest absolute Gasteiger partial charge is 0.489 e. The summed E-state index contributed by atoms with van der Waals surface area (Å²) in [4.78, 5) is 24.7. The molecule has 7 nitrogen and oxygen atoms in total. The molecule has 0 aromatic heterocycles. The van der Waals surface area contributed by atoms with Crippen molar-refractivity contribution in [3.8, 4) is 5.75 Å². The third-order valence-electron chi connectivity index (χ3n) is 4.62. The molecule has 1 aromatic rings. The first-order chi connectivity index (χ1) is 12.4. The third kappa shape index (κ3) is 6.22. The lowest BCUT2D eigenvalue weighted by Crippen LogP contribution is -2.56. The highest BCUT2D eigenvalue weighted by Crippen LogP contribution is 2.25. The van der Waals surface area contributed by atoms with Crippen LogP contribution in [0, 0.1) is 6.92 Å². The Hall–Kier alpha value is -2.28. The van der Waals surface area contributed by atoms with Gasteiger partial charge in [-0.25, -0.2) is 4.79 Å². The fourth-order valence-corrected chi connectivity index (χ4v) is 3.04. The molecule has 3 N–H and O–H groups in total. The van der Waals surface area contributed by atoms with Crippen LogP contribution in [0.2, 0.25) is 0 Å². The Bertz CT molecular complexity index is 599. The van der Waals surface area contributed by atoms with Crippen molar-refractivity contribution >= 4 is 12.0 Å². The standard InChI is InChI=1S/C19H29N3O4/c1-4-22(12-18(23)24)16-9-15(10-16)21-19(25)20-11-14(3)26-17-7-5-13(2)6-8-17/h5-8,14-16H,4,9-12H2,1-3H3,(H,23,24)(H2,20,21,25). The highest BCUT2D eigenvalue weighted by molar-refractivity contribution is 5.74. The van der Waals surface area contributed by atoms with E-state index in [0.717, 1.165) is 18.6 Å². The summed E-state index contributed by atoms with van der Waals surface area (Å²) in [5, 5.41) is 14.6. The number of carbonyl (C=O) groups is 2. The first kappa shape index (κ1) is 20.0. The zero-order valence-electron chi connectivity index (χ0n) is 15.7. The highest BCUT2D eigenvalue weighted by atomic mass is 16.5. The van der Waals surface area contributed by atoms with E-state index >= 15 is 0 Å². The molecule has 1 aliphatic rings. The highest BCUT2D eigenvalue weighted by Gasteiger charge is 2.34. The minimum Gasteiger partial charge on any atom is -0.489 e. The van der Waals surface area contributed by atoms with E-state index in [2.05, 4.69) is 10.6 Å². The summed E-state index contributed by atoms with van der Waals surface area (Å²) in [7, 11) is 0. The number of nitrogens with one attached hydrogen (secondary N) is 2. The zero-order chi connectivity index (χ0) is 19.1. The summed E-state index contributed by atoms with van der Waals surface area (Å²) in [6.07, 6.45) is 1.43. The lowest BCUT2D eigenvalue weighted by Gasteiger charge is -2.42. The van der Waals surface area contributed by atoms with E-state index in [9.17, 15) is 9.59 Å². The van der Waals surface area contributed by atoms with Crippen LogP contribution < -0.4 is 15.4 Å². The zero-order valence-corrected chi connectivity index (χ0v) is 15.7. The number of urea groups is 1. The second-order valence-corrected chi connectivity index (χ2v) is 6.87.